The molecule has 0 bridgehead atoms. The van der Waals surface area contributed by atoms with E-state index in [-0.39, 0.29) is 5.03 Å². The average Bonchev–Trinajstić information content (AvgIpc) is 2.47. The van der Waals surface area contributed by atoms with Crippen molar-refractivity contribution >= 4 is 15.5 Å². The fourth-order valence-corrected chi connectivity index (χ4v) is 3.86. The second-order valence-corrected chi connectivity index (χ2v) is 10.1. The van der Waals surface area contributed by atoms with Crippen LogP contribution in [0, 0.1) is 0 Å². The zero-order chi connectivity index (χ0) is 17.1. The van der Waals surface area contributed by atoms with Gasteiger partial charge >= 0.3 is 0 Å². The van der Waals surface area contributed by atoms with Crippen LogP contribution in [0.5, 0.6) is 0 Å². The summed E-state index contributed by atoms with van der Waals surface area (Å²) in [6.45, 7) is 10.6. The molecule has 0 aliphatic carbocycles. The Balaban J connectivity index is 1.97. The molecule has 0 aromatic carbocycles. The zero-order valence-electron chi connectivity index (χ0n) is 14.7. The van der Waals surface area contributed by atoms with Crippen LogP contribution in [0.25, 0.3) is 0 Å². The number of anilines is 1. The smallest absolute Gasteiger partial charge is 0.200 e. The fourth-order valence-electron chi connectivity index (χ4n) is 2.80. The van der Waals surface area contributed by atoms with Crippen LogP contribution < -0.4 is 5.32 Å². The van der Waals surface area contributed by atoms with Gasteiger partial charge in [0.2, 0.25) is 0 Å². The van der Waals surface area contributed by atoms with Crippen molar-refractivity contribution < 1.29 is 8.42 Å². The van der Waals surface area contributed by atoms with Gasteiger partial charge < -0.3 is 10.2 Å². The molecule has 1 unspecified atom stereocenters. The molecule has 5 nitrogen and oxygen atoms in total. The van der Waals surface area contributed by atoms with Crippen LogP contribution in [0.1, 0.15) is 47.0 Å². The molecule has 0 radical (unpaired) electrons. The van der Waals surface area contributed by atoms with E-state index in [9.17, 15) is 8.42 Å². The summed E-state index contributed by atoms with van der Waals surface area (Å²) in [6, 6.07) is 3.70. The van der Waals surface area contributed by atoms with Crippen LogP contribution in [0.2, 0.25) is 0 Å². The van der Waals surface area contributed by atoms with Crippen LogP contribution in [-0.2, 0) is 9.84 Å². The molecule has 1 atom stereocenters. The molecule has 1 aliphatic rings. The summed E-state index contributed by atoms with van der Waals surface area (Å²) in [7, 11) is -3.39. The topological polar surface area (TPSA) is 62.3 Å². The first-order valence-corrected chi connectivity index (χ1v) is 9.88. The Morgan fingerprint density at radius 1 is 1.22 bits per heavy atom. The Kier molecular flexibility index (Phi) is 5.68. The number of piperidine rings is 1. The summed E-state index contributed by atoms with van der Waals surface area (Å²) in [4.78, 5) is 6.63. The van der Waals surface area contributed by atoms with Gasteiger partial charge in [-0.3, -0.25) is 0 Å². The summed E-state index contributed by atoms with van der Waals surface area (Å²) in [6.07, 6.45) is 5.53. The van der Waals surface area contributed by atoms with E-state index in [0.29, 0.717) is 6.04 Å². The zero-order valence-corrected chi connectivity index (χ0v) is 15.5. The molecule has 2 rings (SSSR count). The van der Waals surface area contributed by atoms with E-state index in [0.717, 1.165) is 12.2 Å². The van der Waals surface area contributed by atoms with E-state index in [2.05, 4.69) is 22.1 Å². The summed E-state index contributed by atoms with van der Waals surface area (Å²) in [5.74, 6) is 0. The summed E-state index contributed by atoms with van der Waals surface area (Å²) < 4.78 is 23.9. The van der Waals surface area contributed by atoms with Gasteiger partial charge in [-0.15, -0.1) is 0 Å². The third-order valence-corrected chi connectivity index (χ3v) is 6.62. The quantitative estimate of drug-likeness (QED) is 0.893. The number of rotatable bonds is 5. The molecule has 1 aromatic rings. The standard InChI is InChI=1S/C17H29N3O2S/c1-14(13-20-10-6-5-7-11-20)19-15-8-9-16(18-12-15)23(21,22)17(2,3)4/h8-9,12,14,19H,5-7,10-11,13H2,1-4H3. The Morgan fingerprint density at radius 3 is 2.39 bits per heavy atom. The van der Waals surface area contributed by atoms with Crippen LogP contribution in [0.3, 0.4) is 0 Å². The second-order valence-electron chi connectivity index (χ2n) is 7.41. The SMILES string of the molecule is CC(CN1CCCCC1)Nc1ccc(S(=O)(=O)C(C)(C)C)nc1. The van der Waals surface area contributed by atoms with Gasteiger partial charge in [0.1, 0.15) is 0 Å². The molecule has 1 aliphatic heterocycles. The van der Waals surface area contributed by atoms with E-state index in [1.807, 2.05) is 0 Å². The monoisotopic (exact) mass is 339 g/mol. The maximum absolute atomic E-state index is 12.4. The van der Waals surface area contributed by atoms with Crippen molar-refractivity contribution in [3.8, 4) is 0 Å². The lowest BCUT2D eigenvalue weighted by Gasteiger charge is -2.29. The predicted octanol–water partition coefficient (Wildman–Crippen LogP) is 2.94. The largest absolute Gasteiger partial charge is 0.380 e. The predicted molar refractivity (Wildman–Crippen MR) is 94.6 cm³/mol. The molecule has 0 spiro atoms. The molecular formula is C17H29N3O2S. The fraction of sp³-hybridized carbons (Fsp3) is 0.706. The molecular weight excluding hydrogens is 310 g/mol. The molecule has 130 valence electrons. The van der Waals surface area contributed by atoms with E-state index >= 15 is 0 Å². The Bertz CT molecular complexity index is 600. The average molecular weight is 340 g/mol. The van der Waals surface area contributed by atoms with Gasteiger partial charge in [-0.1, -0.05) is 6.42 Å². The van der Waals surface area contributed by atoms with Gasteiger partial charge in [-0.25, -0.2) is 13.4 Å². The Morgan fingerprint density at radius 2 is 1.87 bits per heavy atom. The van der Waals surface area contributed by atoms with Gasteiger partial charge in [-0.05, 0) is 65.8 Å². The first-order valence-electron chi connectivity index (χ1n) is 8.40. The molecule has 23 heavy (non-hydrogen) atoms. The van der Waals surface area contributed by atoms with Crippen molar-refractivity contribution in [3.63, 3.8) is 0 Å². The van der Waals surface area contributed by atoms with Crippen molar-refractivity contribution in [1.82, 2.24) is 9.88 Å². The number of nitrogens with zero attached hydrogens (tertiary/aromatic N) is 2. The van der Waals surface area contributed by atoms with Crippen molar-refractivity contribution in [3.05, 3.63) is 18.3 Å². The lowest BCUT2D eigenvalue weighted by atomic mass is 10.1. The van der Waals surface area contributed by atoms with Gasteiger partial charge in [0.05, 0.1) is 16.6 Å². The van der Waals surface area contributed by atoms with E-state index in [4.69, 9.17) is 0 Å². The first-order chi connectivity index (χ1) is 10.7. The summed E-state index contributed by atoms with van der Waals surface area (Å²) >= 11 is 0. The number of nitrogens with one attached hydrogen (secondary N) is 1. The molecule has 2 heterocycles. The highest BCUT2D eigenvalue weighted by atomic mass is 32.2. The highest BCUT2D eigenvalue weighted by Gasteiger charge is 2.31. The highest BCUT2D eigenvalue weighted by molar-refractivity contribution is 7.92. The Labute approximate surface area is 140 Å². The first kappa shape index (κ1) is 18.2. The third-order valence-electron chi connectivity index (χ3n) is 4.21. The minimum absolute atomic E-state index is 0.138. The maximum atomic E-state index is 12.4. The van der Waals surface area contributed by atoms with Crippen LogP contribution >= 0.6 is 0 Å². The lowest BCUT2D eigenvalue weighted by molar-refractivity contribution is 0.223. The highest BCUT2D eigenvalue weighted by Crippen LogP contribution is 2.24. The maximum Gasteiger partial charge on any atom is 0.200 e. The van der Waals surface area contributed by atoms with Gasteiger partial charge in [0, 0.05) is 12.6 Å². The number of sulfone groups is 1. The number of hydrogen-bond acceptors (Lipinski definition) is 5. The Hall–Kier alpha value is -1.14. The summed E-state index contributed by atoms with van der Waals surface area (Å²) in [5, 5.41) is 3.55. The number of aromatic nitrogens is 1. The molecule has 1 fully saturated rings. The van der Waals surface area contributed by atoms with Crippen LogP contribution in [0.4, 0.5) is 5.69 Å². The molecule has 6 heteroatoms. The third kappa shape index (κ3) is 4.67. The molecule has 1 N–H and O–H groups in total. The van der Waals surface area contributed by atoms with Gasteiger partial charge in [-0.2, -0.15) is 0 Å². The van der Waals surface area contributed by atoms with Crippen molar-refractivity contribution in [2.24, 2.45) is 0 Å². The van der Waals surface area contributed by atoms with Crippen molar-refractivity contribution in [2.75, 3.05) is 25.0 Å². The van der Waals surface area contributed by atoms with Crippen molar-refractivity contribution in [2.45, 2.75) is 62.8 Å². The van der Waals surface area contributed by atoms with Crippen LogP contribution in [-0.4, -0.2) is 48.7 Å². The number of likely N-dealkylation sites (tertiary alicyclic amines) is 1. The molecule has 1 aromatic heterocycles. The van der Waals surface area contributed by atoms with E-state index in [1.54, 1.807) is 39.1 Å². The minimum Gasteiger partial charge on any atom is -0.380 e. The minimum atomic E-state index is -3.39. The molecule has 0 amide bonds. The normalized spacial score (nSPS) is 18.6. The lowest BCUT2D eigenvalue weighted by Crippen LogP contribution is -2.38. The summed E-state index contributed by atoms with van der Waals surface area (Å²) in [5.41, 5.74) is 0.863. The molecule has 0 saturated carbocycles. The van der Waals surface area contributed by atoms with E-state index in [1.165, 1.54) is 32.4 Å². The molecule has 1 saturated heterocycles. The number of pyridine rings is 1. The van der Waals surface area contributed by atoms with Gasteiger partial charge in [0.15, 0.2) is 14.9 Å². The van der Waals surface area contributed by atoms with Gasteiger partial charge in [0.25, 0.3) is 0 Å². The number of hydrogen-bond donors (Lipinski definition) is 1. The van der Waals surface area contributed by atoms with E-state index < -0.39 is 14.6 Å². The second kappa shape index (κ2) is 7.18. The van der Waals surface area contributed by atoms with Crippen molar-refractivity contribution in [1.29, 1.82) is 0 Å². The van der Waals surface area contributed by atoms with Crippen LogP contribution in [0.15, 0.2) is 23.4 Å².